The maximum atomic E-state index is 12.1. The Balaban J connectivity index is 1.81. The van der Waals surface area contributed by atoms with Gasteiger partial charge < -0.3 is 4.90 Å². The van der Waals surface area contributed by atoms with E-state index in [1.54, 1.807) is 23.2 Å². The zero-order valence-electron chi connectivity index (χ0n) is 15.8. The molecule has 2 aromatic heterocycles. The normalized spacial score (nSPS) is 10.5. The lowest BCUT2D eigenvalue weighted by Crippen LogP contribution is -2.20. The van der Waals surface area contributed by atoms with E-state index in [-0.39, 0.29) is 16.5 Å². The summed E-state index contributed by atoms with van der Waals surface area (Å²) in [6.45, 7) is 0.380. The predicted molar refractivity (Wildman–Crippen MR) is 116 cm³/mol. The highest BCUT2D eigenvalue weighted by atomic mass is 32.2. The van der Waals surface area contributed by atoms with E-state index in [0.29, 0.717) is 12.4 Å². The van der Waals surface area contributed by atoms with Crippen molar-refractivity contribution in [2.45, 2.75) is 16.5 Å². The van der Waals surface area contributed by atoms with Gasteiger partial charge in [-0.1, -0.05) is 66.4 Å². The van der Waals surface area contributed by atoms with Crippen LogP contribution in [0.25, 0.3) is 0 Å². The largest absolute Gasteiger partial charge is 0.344 e. The highest BCUT2D eigenvalue weighted by Crippen LogP contribution is 2.40. The molecule has 30 heavy (non-hydrogen) atoms. The number of nitro groups is 1. The molecule has 2 aromatic carbocycles. The van der Waals surface area contributed by atoms with Gasteiger partial charge in [-0.15, -0.1) is 0 Å². The smallest absolute Gasteiger partial charge is 0.301 e. The van der Waals surface area contributed by atoms with Gasteiger partial charge >= 0.3 is 5.69 Å². The molecule has 0 spiro atoms. The first-order valence-electron chi connectivity index (χ1n) is 9.17. The van der Waals surface area contributed by atoms with E-state index in [1.165, 1.54) is 18.1 Å². The molecule has 0 N–H and O–H groups in total. The van der Waals surface area contributed by atoms with E-state index in [0.717, 1.165) is 10.5 Å². The van der Waals surface area contributed by atoms with E-state index in [1.807, 2.05) is 66.7 Å². The second kappa shape index (κ2) is 9.15. The second-order valence-electron chi connectivity index (χ2n) is 6.28. The zero-order valence-corrected chi connectivity index (χ0v) is 16.6. The monoisotopic (exact) mass is 415 g/mol. The minimum Gasteiger partial charge on any atom is -0.301 e. The Morgan fingerprint density at radius 1 is 0.867 bits per heavy atom. The summed E-state index contributed by atoms with van der Waals surface area (Å²) < 4.78 is 0. The van der Waals surface area contributed by atoms with Crippen molar-refractivity contribution < 1.29 is 4.92 Å². The van der Waals surface area contributed by atoms with Crippen LogP contribution in [0.2, 0.25) is 0 Å². The van der Waals surface area contributed by atoms with Crippen molar-refractivity contribution in [3.05, 3.63) is 107 Å². The fourth-order valence-electron chi connectivity index (χ4n) is 2.93. The van der Waals surface area contributed by atoms with Crippen molar-refractivity contribution >= 4 is 29.1 Å². The van der Waals surface area contributed by atoms with Crippen LogP contribution in [0, 0.1) is 10.1 Å². The summed E-state index contributed by atoms with van der Waals surface area (Å²) in [5.41, 5.74) is 0.835. The molecule has 148 valence electrons. The van der Waals surface area contributed by atoms with Gasteiger partial charge in [-0.3, -0.25) is 10.1 Å². The Labute approximate surface area is 177 Å². The molecule has 0 amide bonds. The van der Waals surface area contributed by atoms with E-state index < -0.39 is 4.92 Å². The van der Waals surface area contributed by atoms with Crippen LogP contribution in [-0.2, 0) is 6.54 Å². The maximum Gasteiger partial charge on any atom is 0.344 e. The molecule has 0 fully saturated rings. The summed E-state index contributed by atoms with van der Waals surface area (Å²) >= 11 is 1.24. The number of pyridine rings is 1. The van der Waals surface area contributed by atoms with E-state index in [9.17, 15) is 10.1 Å². The first-order valence-corrected chi connectivity index (χ1v) is 9.99. The Hall–Kier alpha value is -3.78. The summed E-state index contributed by atoms with van der Waals surface area (Å²) in [5.74, 6) is 0.773. The van der Waals surface area contributed by atoms with Crippen LogP contribution in [0.4, 0.5) is 17.3 Å². The SMILES string of the molecule is O=[N+]([O-])c1c(Sc2ccccc2)ncnc1N(Cc1ccccc1)c1ccccn1. The van der Waals surface area contributed by atoms with Gasteiger partial charge in [0.2, 0.25) is 5.82 Å². The van der Waals surface area contributed by atoms with Crippen LogP contribution < -0.4 is 4.90 Å². The molecule has 8 heteroatoms. The van der Waals surface area contributed by atoms with Crippen molar-refractivity contribution in [3.63, 3.8) is 0 Å². The molecule has 2 heterocycles. The minimum atomic E-state index is -0.429. The number of aromatic nitrogens is 3. The third kappa shape index (κ3) is 4.44. The summed E-state index contributed by atoms with van der Waals surface area (Å²) in [7, 11) is 0. The lowest BCUT2D eigenvalue weighted by molar-refractivity contribution is -0.387. The van der Waals surface area contributed by atoms with Crippen molar-refractivity contribution in [1.29, 1.82) is 0 Å². The number of hydrogen-bond donors (Lipinski definition) is 0. The standard InChI is InChI=1S/C22H17N5O2S/c28-27(29)20-21(24-16-25-22(20)30-18-11-5-2-6-12-18)26(19-13-7-8-14-23-19)15-17-9-3-1-4-10-17/h1-14,16H,15H2. The van der Waals surface area contributed by atoms with Gasteiger partial charge in [0.1, 0.15) is 12.1 Å². The molecule has 4 aromatic rings. The fraction of sp³-hybridized carbons (Fsp3) is 0.0455. The summed E-state index contributed by atoms with van der Waals surface area (Å²) in [6.07, 6.45) is 3.01. The minimum absolute atomic E-state index is 0.145. The molecule has 0 radical (unpaired) electrons. The van der Waals surface area contributed by atoms with Crippen LogP contribution in [0.5, 0.6) is 0 Å². The fourth-order valence-corrected chi connectivity index (χ4v) is 3.81. The quantitative estimate of drug-likeness (QED) is 0.231. The van der Waals surface area contributed by atoms with Gasteiger partial charge in [0.25, 0.3) is 0 Å². The average Bonchev–Trinajstić information content (AvgIpc) is 2.79. The molecule has 7 nitrogen and oxygen atoms in total. The molecule has 0 aliphatic carbocycles. The Morgan fingerprint density at radius 2 is 1.57 bits per heavy atom. The molecule has 0 unspecified atom stereocenters. The first kappa shape index (κ1) is 19.5. The molecular weight excluding hydrogens is 398 g/mol. The zero-order chi connectivity index (χ0) is 20.8. The molecular formula is C22H17N5O2S. The van der Waals surface area contributed by atoms with Gasteiger partial charge in [-0.05, 0) is 29.8 Å². The van der Waals surface area contributed by atoms with Crippen molar-refractivity contribution in [2.75, 3.05) is 4.90 Å². The summed E-state index contributed by atoms with van der Waals surface area (Å²) in [5, 5.41) is 12.4. The Bertz CT molecular complexity index is 1130. The molecule has 0 saturated carbocycles. The lowest BCUT2D eigenvalue weighted by atomic mass is 10.2. The number of rotatable bonds is 7. The molecule has 0 aliphatic heterocycles. The van der Waals surface area contributed by atoms with Gasteiger partial charge in [0.05, 0.1) is 11.5 Å². The predicted octanol–water partition coefficient (Wildman–Crippen LogP) is 5.27. The van der Waals surface area contributed by atoms with Crippen LogP contribution in [0.3, 0.4) is 0 Å². The van der Waals surface area contributed by atoms with E-state index in [2.05, 4.69) is 15.0 Å². The number of anilines is 2. The second-order valence-corrected chi connectivity index (χ2v) is 7.35. The third-order valence-corrected chi connectivity index (χ3v) is 5.27. The van der Waals surface area contributed by atoms with E-state index >= 15 is 0 Å². The highest BCUT2D eigenvalue weighted by Gasteiger charge is 2.29. The first-order chi connectivity index (χ1) is 14.7. The summed E-state index contributed by atoms with van der Waals surface area (Å²) in [4.78, 5) is 27.2. The molecule has 4 rings (SSSR count). The molecule has 0 atom stereocenters. The van der Waals surface area contributed by atoms with Crippen LogP contribution in [0.1, 0.15) is 5.56 Å². The Kier molecular flexibility index (Phi) is 5.95. The molecule has 0 aliphatic rings. The lowest BCUT2D eigenvalue weighted by Gasteiger charge is -2.23. The topological polar surface area (TPSA) is 85.0 Å². The van der Waals surface area contributed by atoms with Gasteiger partial charge in [0, 0.05) is 11.1 Å². The van der Waals surface area contributed by atoms with Crippen molar-refractivity contribution in [1.82, 2.24) is 15.0 Å². The average molecular weight is 415 g/mol. The van der Waals surface area contributed by atoms with E-state index in [4.69, 9.17) is 0 Å². The van der Waals surface area contributed by atoms with Gasteiger partial charge in [-0.25, -0.2) is 15.0 Å². The third-order valence-electron chi connectivity index (χ3n) is 4.27. The Morgan fingerprint density at radius 3 is 2.23 bits per heavy atom. The maximum absolute atomic E-state index is 12.1. The number of hydrogen-bond acceptors (Lipinski definition) is 7. The van der Waals surface area contributed by atoms with Gasteiger partial charge in [0.15, 0.2) is 5.03 Å². The van der Waals surface area contributed by atoms with Crippen LogP contribution in [0.15, 0.2) is 101 Å². The van der Waals surface area contributed by atoms with Crippen LogP contribution >= 0.6 is 11.8 Å². The number of benzene rings is 2. The van der Waals surface area contributed by atoms with Crippen molar-refractivity contribution in [2.24, 2.45) is 0 Å². The molecule has 0 bridgehead atoms. The molecule has 0 saturated heterocycles. The van der Waals surface area contributed by atoms with Gasteiger partial charge in [-0.2, -0.15) is 0 Å². The van der Waals surface area contributed by atoms with Crippen molar-refractivity contribution in [3.8, 4) is 0 Å². The summed E-state index contributed by atoms with van der Waals surface area (Å²) in [6, 6.07) is 24.6. The highest BCUT2D eigenvalue weighted by molar-refractivity contribution is 7.99. The number of nitrogens with zero attached hydrogens (tertiary/aromatic N) is 5. The van der Waals surface area contributed by atoms with Crippen LogP contribution in [-0.4, -0.2) is 19.9 Å².